The summed E-state index contributed by atoms with van der Waals surface area (Å²) in [5.41, 5.74) is 10.4. The summed E-state index contributed by atoms with van der Waals surface area (Å²) in [6, 6.07) is 30.3. The van der Waals surface area contributed by atoms with Crippen LogP contribution in [-0.2, 0) is 4.79 Å². The van der Waals surface area contributed by atoms with Crippen molar-refractivity contribution in [1.29, 1.82) is 0 Å². The molecule has 0 spiro atoms. The third-order valence-corrected chi connectivity index (χ3v) is 12.7. The lowest BCUT2D eigenvalue weighted by atomic mass is 9.96. The van der Waals surface area contributed by atoms with Crippen LogP contribution in [-0.4, -0.2) is 44.3 Å². The summed E-state index contributed by atoms with van der Waals surface area (Å²) in [6.45, 7) is 13.5. The van der Waals surface area contributed by atoms with E-state index in [1.54, 1.807) is 0 Å². The van der Waals surface area contributed by atoms with Crippen molar-refractivity contribution in [3.63, 3.8) is 0 Å². The zero-order valence-electron chi connectivity index (χ0n) is 28.3. The molecule has 1 aliphatic heterocycles. The predicted octanol–water partition coefficient (Wildman–Crippen LogP) is 8.98. The fourth-order valence-electron chi connectivity index (χ4n) is 7.01. The number of nitrogens with zero attached hydrogens (tertiary/aromatic N) is 2. The van der Waals surface area contributed by atoms with Crippen LogP contribution in [0.3, 0.4) is 0 Å². The highest BCUT2D eigenvalue weighted by molar-refractivity contribution is 7.69. The van der Waals surface area contributed by atoms with E-state index in [0.29, 0.717) is 18.6 Å². The number of hydrogen-bond donors (Lipinski definition) is 0. The summed E-state index contributed by atoms with van der Waals surface area (Å²) >= 11 is 0. The van der Waals surface area contributed by atoms with Crippen LogP contribution in [0, 0.1) is 13.8 Å². The molecule has 1 atom stereocenters. The molecular weight excluding hydrogens is 574 g/mol. The van der Waals surface area contributed by atoms with Crippen molar-refractivity contribution in [1.82, 2.24) is 0 Å². The molecule has 4 aromatic rings. The minimum Gasteiger partial charge on any atom is -0.377 e. The Morgan fingerprint density at radius 1 is 0.614 bits per heavy atom. The maximum Gasteiger partial charge on any atom is 0.134 e. The van der Waals surface area contributed by atoms with Crippen molar-refractivity contribution in [2.45, 2.75) is 64.7 Å². The number of hydrogen-bond acceptors (Lipinski definition) is 3. The van der Waals surface area contributed by atoms with Crippen LogP contribution < -0.4 is 20.4 Å². The SMILES string of the molecule is Cc1cccc(N(C)C)c1-c1ccccc1P.Cc1cccc(N(C)C)c1-c1ccccc1P1C(C)(C)CC(=O)CC1(C)C. The molecule has 1 aliphatic rings. The van der Waals surface area contributed by atoms with Gasteiger partial charge in [0.25, 0.3) is 0 Å². The van der Waals surface area contributed by atoms with Gasteiger partial charge in [0.05, 0.1) is 0 Å². The van der Waals surface area contributed by atoms with Crippen LogP contribution in [0.5, 0.6) is 0 Å². The van der Waals surface area contributed by atoms with Crippen LogP contribution >= 0.6 is 17.2 Å². The van der Waals surface area contributed by atoms with Crippen LogP contribution in [0.15, 0.2) is 84.9 Å². The van der Waals surface area contributed by atoms with Gasteiger partial charge in [0.15, 0.2) is 0 Å². The van der Waals surface area contributed by atoms with Crippen LogP contribution in [0.1, 0.15) is 51.7 Å². The van der Waals surface area contributed by atoms with Gasteiger partial charge >= 0.3 is 0 Å². The molecule has 0 saturated carbocycles. The van der Waals surface area contributed by atoms with Gasteiger partial charge in [-0.25, -0.2) is 0 Å². The second-order valence-corrected chi connectivity index (χ2v) is 17.9. The molecular formula is C39H50N2OP2. The molecule has 1 fully saturated rings. The van der Waals surface area contributed by atoms with Crippen molar-refractivity contribution >= 4 is 44.9 Å². The monoisotopic (exact) mass is 624 g/mol. The molecule has 1 unspecified atom stereocenters. The average molecular weight is 625 g/mol. The maximum absolute atomic E-state index is 12.4. The van der Waals surface area contributed by atoms with Crippen molar-refractivity contribution in [3.8, 4) is 22.3 Å². The zero-order valence-corrected chi connectivity index (χ0v) is 30.4. The van der Waals surface area contributed by atoms with E-state index in [4.69, 9.17) is 0 Å². The van der Waals surface area contributed by atoms with E-state index in [1.165, 1.54) is 55.4 Å². The first-order chi connectivity index (χ1) is 20.7. The molecule has 0 aliphatic carbocycles. The quantitative estimate of drug-likeness (QED) is 0.207. The average Bonchev–Trinajstić information content (AvgIpc) is 2.92. The van der Waals surface area contributed by atoms with Gasteiger partial charge in [-0.15, -0.1) is 9.24 Å². The topological polar surface area (TPSA) is 23.6 Å². The normalized spacial score (nSPS) is 15.8. The van der Waals surface area contributed by atoms with Gasteiger partial charge < -0.3 is 9.80 Å². The first-order valence-electron chi connectivity index (χ1n) is 15.5. The van der Waals surface area contributed by atoms with Gasteiger partial charge in [-0.05, 0) is 69.2 Å². The number of Topliss-reactive ketones (excluding diaryl/α,β-unsaturated/α-hetero) is 1. The molecule has 3 nitrogen and oxygen atoms in total. The Hall–Kier alpha value is -2.99. The maximum atomic E-state index is 12.4. The van der Waals surface area contributed by atoms with Crippen molar-refractivity contribution in [2.75, 3.05) is 38.0 Å². The number of ketones is 1. The van der Waals surface area contributed by atoms with E-state index < -0.39 is 7.92 Å². The Labute approximate surface area is 270 Å². The van der Waals surface area contributed by atoms with Crippen LogP contribution in [0.4, 0.5) is 11.4 Å². The van der Waals surface area contributed by atoms with Gasteiger partial charge in [-0.2, -0.15) is 0 Å². The largest absolute Gasteiger partial charge is 0.377 e. The van der Waals surface area contributed by atoms with E-state index in [-0.39, 0.29) is 10.3 Å². The summed E-state index contributed by atoms with van der Waals surface area (Å²) in [7, 11) is 10.7. The van der Waals surface area contributed by atoms with E-state index in [9.17, 15) is 4.79 Å². The zero-order chi connectivity index (χ0) is 32.4. The molecule has 5 heteroatoms. The lowest BCUT2D eigenvalue weighted by Gasteiger charge is -2.49. The molecule has 0 N–H and O–H groups in total. The molecule has 0 radical (unpaired) electrons. The minimum absolute atomic E-state index is 0.00519. The molecule has 0 bridgehead atoms. The highest BCUT2D eigenvalue weighted by Gasteiger charge is 2.48. The summed E-state index contributed by atoms with van der Waals surface area (Å²) < 4.78 is 0. The Balaban J connectivity index is 0.000000223. The van der Waals surface area contributed by atoms with Crippen LogP contribution in [0.2, 0.25) is 0 Å². The van der Waals surface area contributed by atoms with Gasteiger partial charge in [0.2, 0.25) is 0 Å². The smallest absolute Gasteiger partial charge is 0.134 e. The van der Waals surface area contributed by atoms with Crippen molar-refractivity contribution in [3.05, 3.63) is 96.1 Å². The first-order valence-corrected chi connectivity index (χ1v) is 17.4. The predicted molar refractivity (Wildman–Crippen MR) is 200 cm³/mol. The standard InChI is InChI=1S/C24H32NOP.C15H18NP/c1-17-11-10-13-20(25(6)7)22(17)19-12-8-9-14-21(19)27-23(2,3)15-18(26)16-24(27,4)5;1-11-7-6-9-13(16(2)3)15(11)12-8-4-5-10-14(12)17/h8-14H,15-16H2,1-7H3;4-10H,17H2,1-3H3. The fraction of sp³-hybridized carbons (Fsp3) is 0.359. The van der Waals surface area contributed by atoms with Gasteiger partial charge in [0.1, 0.15) is 5.78 Å². The lowest BCUT2D eigenvalue weighted by molar-refractivity contribution is -0.120. The third-order valence-electron chi connectivity index (χ3n) is 8.58. The number of aryl methyl sites for hydroxylation is 2. The number of anilines is 2. The Morgan fingerprint density at radius 2 is 1.05 bits per heavy atom. The Kier molecular flexibility index (Phi) is 10.4. The summed E-state index contributed by atoms with van der Waals surface area (Å²) in [5, 5.41) is 2.69. The van der Waals surface area contributed by atoms with E-state index in [2.05, 4.69) is 174 Å². The number of carbonyl (C=O) groups is 1. The molecule has 44 heavy (non-hydrogen) atoms. The molecule has 4 aromatic carbocycles. The Bertz CT molecular complexity index is 1620. The van der Waals surface area contributed by atoms with E-state index in [0.717, 1.165) is 0 Å². The minimum atomic E-state index is -0.508. The molecule has 5 rings (SSSR count). The van der Waals surface area contributed by atoms with Crippen molar-refractivity contribution in [2.24, 2.45) is 0 Å². The molecule has 232 valence electrons. The molecule has 1 heterocycles. The highest BCUT2D eigenvalue weighted by Crippen LogP contribution is 2.65. The Morgan fingerprint density at radius 3 is 1.52 bits per heavy atom. The summed E-state index contributed by atoms with van der Waals surface area (Å²) in [5.74, 6) is 0.408. The fourth-order valence-corrected chi connectivity index (χ4v) is 11.6. The van der Waals surface area contributed by atoms with Gasteiger partial charge in [-0.3, -0.25) is 4.79 Å². The molecule has 1 saturated heterocycles. The summed E-state index contributed by atoms with van der Waals surface area (Å²) in [6.07, 6.45) is 1.37. The molecule has 0 aromatic heterocycles. The van der Waals surface area contributed by atoms with E-state index in [1.807, 2.05) is 0 Å². The second kappa shape index (κ2) is 13.6. The summed E-state index contributed by atoms with van der Waals surface area (Å²) in [4.78, 5) is 16.8. The van der Waals surface area contributed by atoms with Crippen molar-refractivity contribution < 1.29 is 4.79 Å². The highest BCUT2D eigenvalue weighted by atomic mass is 31.1. The number of carbonyl (C=O) groups excluding carboxylic acids is 1. The third kappa shape index (κ3) is 7.11. The number of benzene rings is 4. The first kappa shape index (κ1) is 33.9. The van der Waals surface area contributed by atoms with Gasteiger partial charge in [-0.1, -0.05) is 108 Å². The number of rotatable bonds is 5. The van der Waals surface area contributed by atoms with Crippen LogP contribution in [0.25, 0.3) is 22.3 Å². The van der Waals surface area contributed by atoms with Gasteiger partial charge in [0, 0.05) is 63.5 Å². The molecule has 0 amide bonds. The van der Waals surface area contributed by atoms with E-state index >= 15 is 0 Å². The second-order valence-electron chi connectivity index (χ2n) is 13.7. The lowest BCUT2D eigenvalue weighted by Crippen LogP contribution is -2.43.